The second-order valence-corrected chi connectivity index (χ2v) is 3.64. The average Bonchev–Trinajstić information content (AvgIpc) is 2.30. The summed E-state index contributed by atoms with van der Waals surface area (Å²) in [6.07, 6.45) is 3.06. The van der Waals surface area contributed by atoms with Crippen LogP contribution in [0.2, 0.25) is 0 Å². The van der Waals surface area contributed by atoms with Gasteiger partial charge in [-0.1, -0.05) is 36.4 Å². The van der Waals surface area contributed by atoms with Gasteiger partial charge in [0.25, 0.3) is 0 Å². The first kappa shape index (κ1) is 12.5. The van der Waals surface area contributed by atoms with E-state index in [9.17, 15) is 4.79 Å². The van der Waals surface area contributed by atoms with Crippen LogP contribution in [-0.4, -0.2) is 12.6 Å². The molecule has 0 aromatic heterocycles. The molecule has 0 radical (unpaired) electrons. The van der Waals surface area contributed by atoms with Gasteiger partial charge >= 0.3 is 5.97 Å². The fourth-order valence-electron chi connectivity index (χ4n) is 1.68. The average molecular weight is 218 g/mol. The van der Waals surface area contributed by atoms with Crippen LogP contribution in [0.15, 0.2) is 43.0 Å². The van der Waals surface area contributed by atoms with Crippen LogP contribution in [-0.2, 0) is 9.53 Å². The summed E-state index contributed by atoms with van der Waals surface area (Å²) in [7, 11) is 0. The molecule has 0 aliphatic rings. The zero-order valence-electron chi connectivity index (χ0n) is 9.69. The smallest absolute Gasteiger partial charge is 0.306 e. The van der Waals surface area contributed by atoms with Crippen molar-refractivity contribution in [3.63, 3.8) is 0 Å². The maximum Gasteiger partial charge on any atom is 0.306 e. The van der Waals surface area contributed by atoms with Gasteiger partial charge in [0.05, 0.1) is 13.0 Å². The maximum absolute atomic E-state index is 11.4. The van der Waals surface area contributed by atoms with E-state index in [1.807, 2.05) is 43.3 Å². The van der Waals surface area contributed by atoms with Crippen molar-refractivity contribution >= 4 is 5.97 Å². The Balaban J connectivity index is 2.68. The molecule has 0 saturated heterocycles. The van der Waals surface area contributed by atoms with Crippen LogP contribution in [0.4, 0.5) is 0 Å². The summed E-state index contributed by atoms with van der Waals surface area (Å²) in [6.45, 7) is 5.99. The van der Waals surface area contributed by atoms with E-state index in [1.54, 1.807) is 0 Å². The lowest BCUT2D eigenvalue weighted by Crippen LogP contribution is -2.10. The quantitative estimate of drug-likeness (QED) is 0.541. The molecule has 0 heterocycles. The highest BCUT2D eigenvalue weighted by Crippen LogP contribution is 2.23. The third-order valence-corrected chi connectivity index (χ3v) is 2.44. The van der Waals surface area contributed by atoms with Crippen LogP contribution in [0.3, 0.4) is 0 Å². The summed E-state index contributed by atoms with van der Waals surface area (Å²) < 4.78 is 4.97. The Morgan fingerprint density at radius 3 is 2.69 bits per heavy atom. The minimum Gasteiger partial charge on any atom is -0.466 e. The van der Waals surface area contributed by atoms with Crippen molar-refractivity contribution in [2.45, 2.75) is 25.7 Å². The highest BCUT2D eigenvalue weighted by Gasteiger charge is 2.15. The van der Waals surface area contributed by atoms with Gasteiger partial charge in [0.1, 0.15) is 0 Å². The van der Waals surface area contributed by atoms with Gasteiger partial charge in [-0.3, -0.25) is 4.79 Å². The molecule has 1 aromatic carbocycles. The van der Waals surface area contributed by atoms with Crippen molar-refractivity contribution in [3.8, 4) is 0 Å². The standard InChI is InChI=1S/C14H18O2/c1-3-8-13(11-14(15)16-4-2)12-9-6-5-7-10-12/h3,5-7,9-10,13H,1,4,8,11H2,2H3. The lowest BCUT2D eigenvalue weighted by molar-refractivity contribution is -0.143. The molecule has 2 nitrogen and oxygen atoms in total. The number of carbonyl (C=O) groups is 1. The molecule has 0 spiro atoms. The minimum absolute atomic E-state index is 0.141. The fraction of sp³-hybridized carbons (Fsp3) is 0.357. The zero-order valence-corrected chi connectivity index (χ0v) is 9.69. The van der Waals surface area contributed by atoms with E-state index >= 15 is 0 Å². The molecule has 2 heteroatoms. The molecule has 1 atom stereocenters. The molecule has 0 fully saturated rings. The molecule has 0 aliphatic heterocycles. The number of carbonyl (C=O) groups excluding carboxylic acids is 1. The van der Waals surface area contributed by atoms with Gasteiger partial charge in [0, 0.05) is 0 Å². The molecular formula is C14H18O2. The Labute approximate surface area is 96.9 Å². The van der Waals surface area contributed by atoms with E-state index in [1.165, 1.54) is 0 Å². The van der Waals surface area contributed by atoms with Crippen LogP contribution >= 0.6 is 0 Å². The van der Waals surface area contributed by atoms with Crippen LogP contribution in [0.25, 0.3) is 0 Å². The van der Waals surface area contributed by atoms with E-state index in [2.05, 4.69) is 6.58 Å². The summed E-state index contributed by atoms with van der Waals surface area (Å²) in [5.74, 6) is 0.0379. The third kappa shape index (κ3) is 3.89. The first-order valence-electron chi connectivity index (χ1n) is 5.59. The molecule has 0 aliphatic carbocycles. The van der Waals surface area contributed by atoms with E-state index in [0.29, 0.717) is 13.0 Å². The Kier molecular flexibility index (Phi) is 5.34. The number of hydrogen-bond acceptors (Lipinski definition) is 2. The topological polar surface area (TPSA) is 26.3 Å². The molecule has 0 N–H and O–H groups in total. The Bertz CT molecular complexity index is 330. The monoisotopic (exact) mass is 218 g/mol. The maximum atomic E-state index is 11.4. The van der Waals surface area contributed by atoms with Crippen molar-refractivity contribution in [3.05, 3.63) is 48.6 Å². The van der Waals surface area contributed by atoms with E-state index in [4.69, 9.17) is 4.74 Å². The summed E-state index contributed by atoms with van der Waals surface area (Å²) in [5, 5.41) is 0. The Morgan fingerprint density at radius 2 is 2.12 bits per heavy atom. The Morgan fingerprint density at radius 1 is 1.44 bits per heavy atom. The van der Waals surface area contributed by atoms with Crippen molar-refractivity contribution in [1.29, 1.82) is 0 Å². The highest BCUT2D eigenvalue weighted by molar-refractivity contribution is 5.70. The molecule has 16 heavy (non-hydrogen) atoms. The normalized spacial score (nSPS) is 11.8. The first-order chi connectivity index (χ1) is 7.77. The summed E-state index contributed by atoms with van der Waals surface area (Å²) >= 11 is 0. The van der Waals surface area contributed by atoms with Gasteiger partial charge in [-0.25, -0.2) is 0 Å². The molecule has 1 rings (SSSR count). The molecule has 1 aromatic rings. The second-order valence-electron chi connectivity index (χ2n) is 3.64. The largest absolute Gasteiger partial charge is 0.466 e. The number of rotatable bonds is 6. The van der Waals surface area contributed by atoms with Gasteiger partial charge in [0.2, 0.25) is 0 Å². The van der Waals surface area contributed by atoms with Gasteiger partial charge in [-0.2, -0.15) is 0 Å². The highest BCUT2D eigenvalue weighted by atomic mass is 16.5. The van der Waals surface area contributed by atoms with E-state index < -0.39 is 0 Å². The van der Waals surface area contributed by atoms with Gasteiger partial charge in [0.15, 0.2) is 0 Å². The SMILES string of the molecule is C=CCC(CC(=O)OCC)c1ccccc1. The predicted molar refractivity (Wildman–Crippen MR) is 65.2 cm³/mol. The second kappa shape index (κ2) is 6.83. The molecule has 0 amide bonds. The van der Waals surface area contributed by atoms with E-state index in [-0.39, 0.29) is 11.9 Å². The predicted octanol–water partition coefficient (Wildman–Crippen LogP) is 3.30. The lowest BCUT2D eigenvalue weighted by atomic mass is 9.93. The van der Waals surface area contributed by atoms with E-state index in [0.717, 1.165) is 12.0 Å². The van der Waals surface area contributed by atoms with Crippen LogP contribution in [0, 0.1) is 0 Å². The lowest BCUT2D eigenvalue weighted by Gasteiger charge is -2.14. The summed E-state index contributed by atoms with van der Waals surface area (Å²) in [6, 6.07) is 10.0. The fourth-order valence-corrected chi connectivity index (χ4v) is 1.68. The van der Waals surface area contributed by atoms with Crippen molar-refractivity contribution in [2.75, 3.05) is 6.61 Å². The molecule has 0 bridgehead atoms. The number of hydrogen-bond donors (Lipinski definition) is 0. The van der Waals surface area contributed by atoms with Gasteiger partial charge in [-0.05, 0) is 24.8 Å². The number of esters is 1. The van der Waals surface area contributed by atoms with Gasteiger partial charge in [-0.15, -0.1) is 6.58 Å². The minimum atomic E-state index is -0.141. The molecular weight excluding hydrogens is 200 g/mol. The summed E-state index contributed by atoms with van der Waals surface area (Å²) in [5.41, 5.74) is 1.16. The van der Waals surface area contributed by atoms with Crippen LogP contribution in [0.5, 0.6) is 0 Å². The third-order valence-electron chi connectivity index (χ3n) is 2.44. The van der Waals surface area contributed by atoms with Crippen molar-refractivity contribution in [2.24, 2.45) is 0 Å². The van der Waals surface area contributed by atoms with Crippen LogP contribution in [0.1, 0.15) is 31.2 Å². The van der Waals surface area contributed by atoms with Crippen molar-refractivity contribution in [1.82, 2.24) is 0 Å². The number of benzene rings is 1. The zero-order chi connectivity index (χ0) is 11.8. The molecule has 86 valence electrons. The van der Waals surface area contributed by atoms with Crippen molar-refractivity contribution < 1.29 is 9.53 Å². The number of allylic oxidation sites excluding steroid dienone is 1. The first-order valence-corrected chi connectivity index (χ1v) is 5.59. The Hall–Kier alpha value is -1.57. The van der Waals surface area contributed by atoms with Crippen LogP contribution < -0.4 is 0 Å². The summed E-state index contributed by atoms with van der Waals surface area (Å²) in [4.78, 5) is 11.4. The molecule has 0 saturated carbocycles. The number of ether oxygens (including phenoxy) is 1. The van der Waals surface area contributed by atoms with Gasteiger partial charge < -0.3 is 4.74 Å². The molecule has 1 unspecified atom stereocenters.